The summed E-state index contributed by atoms with van der Waals surface area (Å²) in [5, 5.41) is 10.7. The summed E-state index contributed by atoms with van der Waals surface area (Å²) in [5.74, 6) is 2.88. The van der Waals surface area contributed by atoms with Crippen LogP contribution in [-0.2, 0) is 4.74 Å². The third-order valence-corrected chi connectivity index (χ3v) is 4.80. The molecule has 0 aromatic heterocycles. The summed E-state index contributed by atoms with van der Waals surface area (Å²) >= 11 is 0.00696. The number of hydrogen-bond donors (Lipinski definition) is 0. The first-order valence-corrected chi connectivity index (χ1v) is 9.43. The van der Waals surface area contributed by atoms with Crippen molar-refractivity contribution in [2.75, 3.05) is 6.61 Å². The summed E-state index contributed by atoms with van der Waals surface area (Å²) in [5.41, 5.74) is 0.383. The number of non-ortho nitro benzene ring substituents is 1. The number of nitro groups is 1. The number of hydrogen-bond acceptors (Lipinski definition) is 4. The molecule has 128 valence electrons. The van der Waals surface area contributed by atoms with Crippen LogP contribution in [0.4, 0.5) is 5.69 Å². The molecular formula is C19H17NO4Se. The van der Waals surface area contributed by atoms with Gasteiger partial charge in [-0.2, -0.15) is 0 Å². The number of ketones is 1. The molecule has 0 aliphatic rings. The van der Waals surface area contributed by atoms with E-state index in [1.54, 1.807) is 0 Å². The fraction of sp³-hybridized carbons (Fsp3) is 0.211. The molecule has 0 fully saturated rings. The van der Waals surface area contributed by atoms with Gasteiger partial charge in [0.05, 0.1) is 0 Å². The summed E-state index contributed by atoms with van der Waals surface area (Å²) in [6, 6.07) is 15.5. The van der Waals surface area contributed by atoms with E-state index in [0.29, 0.717) is 12.2 Å². The third kappa shape index (κ3) is 6.17. The Kier molecular flexibility index (Phi) is 7.36. The van der Waals surface area contributed by atoms with Crippen molar-refractivity contribution in [3.05, 3.63) is 70.3 Å². The summed E-state index contributed by atoms with van der Waals surface area (Å²) in [4.78, 5) is 25.6. The van der Waals surface area contributed by atoms with Gasteiger partial charge in [0.15, 0.2) is 0 Å². The van der Waals surface area contributed by atoms with E-state index in [1.807, 2.05) is 37.3 Å². The molecule has 0 amide bonds. The van der Waals surface area contributed by atoms with Gasteiger partial charge in [0.2, 0.25) is 0 Å². The predicted molar refractivity (Wildman–Crippen MR) is 97.1 cm³/mol. The van der Waals surface area contributed by atoms with Gasteiger partial charge in [-0.3, -0.25) is 0 Å². The SMILES string of the molecule is CCOC(C#C[Se]c1ccccc1)CC(=O)c1ccc([N+](=O)[O-])cc1. The van der Waals surface area contributed by atoms with Gasteiger partial charge in [0.25, 0.3) is 0 Å². The summed E-state index contributed by atoms with van der Waals surface area (Å²) in [7, 11) is 0. The second-order valence-electron chi connectivity index (χ2n) is 5.04. The number of nitrogens with zero attached hydrogens (tertiary/aromatic N) is 1. The molecular weight excluding hydrogens is 385 g/mol. The predicted octanol–water partition coefficient (Wildman–Crippen LogP) is 2.56. The van der Waals surface area contributed by atoms with Gasteiger partial charge < -0.3 is 0 Å². The monoisotopic (exact) mass is 403 g/mol. The molecule has 6 heteroatoms. The first-order chi connectivity index (χ1) is 12.1. The first kappa shape index (κ1) is 18.9. The second-order valence-corrected chi connectivity index (χ2v) is 6.88. The van der Waals surface area contributed by atoms with E-state index in [2.05, 4.69) is 10.7 Å². The Balaban J connectivity index is 2.00. The fourth-order valence-electron chi connectivity index (χ4n) is 2.05. The molecule has 1 unspecified atom stereocenters. The summed E-state index contributed by atoms with van der Waals surface area (Å²) < 4.78 is 6.71. The molecule has 0 radical (unpaired) electrons. The van der Waals surface area contributed by atoms with Crippen molar-refractivity contribution in [3.8, 4) is 10.7 Å². The Morgan fingerprint density at radius 1 is 1.20 bits per heavy atom. The van der Waals surface area contributed by atoms with Crippen LogP contribution < -0.4 is 4.46 Å². The number of rotatable bonds is 7. The summed E-state index contributed by atoms with van der Waals surface area (Å²) in [6.45, 7) is 2.32. The van der Waals surface area contributed by atoms with Crippen molar-refractivity contribution < 1.29 is 14.5 Å². The van der Waals surface area contributed by atoms with E-state index in [0.717, 1.165) is 0 Å². The van der Waals surface area contributed by atoms with Gasteiger partial charge in [-0.15, -0.1) is 0 Å². The Labute approximate surface area is 152 Å². The van der Waals surface area contributed by atoms with Crippen molar-refractivity contribution in [3.63, 3.8) is 0 Å². The number of nitro benzene ring substituents is 1. The topological polar surface area (TPSA) is 69.4 Å². The van der Waals surface area contributed by atoms with E-state index in [4.69, 9.17) is 4.74 Å². The van der Waals surface area contributed by atoms with Crippen LogP contribution in [-0.4, -0.2) is 38.4 Å². The van der Waals surface area contributed by atoms with E-state index in [1.165, 1.54) is 28.7 Å². The second kappa shape index (κ2) is 9.75. The molecule has 2 rings (SSSR count). The summed E-state index contributed by atoms with van der Waals surface area (Å²) in [6.07, 6.45) is -0.345. The Bertz CT molecular complexity index is 779. The molecule has 0 saturated carbocycles. The van der Waals surface area contributed by atoms with Gasteiger partial charge in [-0.05, 0) is 0 Å². The van der Waals surface area contributed by atoms with Crippen LogP contribution in [0.15, 0.2) is 54.6 Å². The Morgan fingerprint density at radius 2 is 1.88 bits per heavy atom. The Morgan fingerprint density at radius 3 is 2.48 bits per heavy atom. The van der Waals surface area contributed by atoms with E-state index in [9.17, 15) is 14.9 Å². The average molecular weight is 402 g/mol. The normalized spacial score (nSPS) is 11.2. The molecule has 0 aliphatic heterocycles. The van der Waals surface area contributed by atoms with E-state index >= 15 is 0 Å². The van der Waals surface area contributed by atoms with Gasteiger partial charge in [0.1, 0.15) is 0 Å². The van der Waals surface area contributed by atoms with Crippen LogP contribution in [0.1, 0.15) is 23.7 Å². The number of Topliss-reactive ketones (excluding diaryl/α,β-unsaturated/α-hetero) is 1. The molecule has 0 heterocycles. The quantitative estimate of drug-likeness (QED) is 0.235. The van der Waals surface area contributed by atoms with Gasteiger partial charge in [-0.1, -0.05) is 0 Å². The molecule has 0 bridgehead atoms. The maximum absolute atomic E-state index is 12.3. The molecule has 2 aromatic rings. The molecule has 0 spiro atoms. The molecule has 0 aliphatic carbocycles. The minimum absolute atomic E-state index is 0.00696. The van der Waals surface area contributed by atoms with Crippen molar-refractivity contribution in [2.24, 2.45) is 0 Å². The van der Waals surface area contributed by atoms with Gasteiger partial charge >= 0.3 is 152 Å². The number of carbonyl (C=O) groups is 1. The van der Waals surface area contributed by atoms with Crippen LogP contribution in [0.2, 0.25) is 0 Å². The standard InChI is InChI=1S/C19H17NO4Se/c1-2-24-17(12-13-25-18-6-4-3-5-7-18)14-19(21)15-8-10-16(11-9-15)20(22)23/h3-11,17H,2,14H2,1H3. The van der Waals surface area contributed by atoms with Crippen molar-refractivity contribution in [1.82, 2.24) is 0 Å². The maximum atomic E-state index is 12.3. The zero-order chi connectivity index (χ0) is 18.1. The van der Waals surface area contributed by atoms with Gasteiger partial charge in [0, 0.05) is 0 Å². The third-order valence-electron chi connectivity index (χ3n) is 3.27. The molecule has 5 nitrogen and oxygen atoms in total. The van der Waals surface area contributed by atoms with Crippen LogP contribution in [0.5, 0.6) is 0 Å². The number of benzene rings is 2. The fourth-order valence-corrected chi connectivity index (χ4v) is 3.31. The van der Waals surface area contributed by atoms with Crippen molar-refractivity contribution >= 4 is 30.9 Å². The molecule has 2 aromatic carbocycles. The average Bonchev–Trinajstić information content (AvgIpc) is 2.62. The van der Waals surface area contributed by atoms with Crippen LogP contribution in [0, 0.1) is 20.9 Å². The van der Waals surface area contributed by atoms with Gasteiger partial charge in [-0.25, -0.2) is 0 Å². The molecule has 0 N–H and O–H groups in total. The zero-order valence-corrected chi connectivity index (χ0v) is 15.4. The van der Waals surface area contributed by atoms with Crippen LogP contribution >= 0.6 is 0 Å². The van der Waals surface area contributed by atoms with Crippen molar-refractivity contribution in [2.45, 2.75) is 19.4 Å². The van der Waals surface area contributed by atoms with Crippen molar-refractivity contribution in [1.29, 1.82) is 0 Å². The molecule has 1 atom stereocenters. The Hall–Kier alpha value is -2.45. The molecule has 25 heavy (non-hydrogen) atoms. The first-order valence-electron chi connectivity index (χ1n) is 7.72. The van der Waals surface area contributed by atoms with E-state index in [-0.39, 0.29) is 32.8 Å². The van der Waals surface area contributed by atoms with Crippen LogP contribution in [0.25, 0.3) is 0 Å². The minimum atomic E-state index is -0.492. The molecule has 0 saturated heterocycles. The number of ether oxygens (including phenoxy) is 1. The number of carbonyl (C=O) groups excluding carboxylic acids is 1. The zero-order valence-electron chi connectivity index (χ0n) is 13.7. The van der Waals surface area contributed by atoms with Crippen LogP contribution in [0.3, 0.4) is 0 Å². The van der Waals surface area contributed by atoms with E-state index < -0.39 is 11.0 Å².